The number of carbonyl (C=O) groups excluding carboxylic acids is 1. The highest BCUT2D eigenvalue weighted by molar-refractivity contribution is 5.85. The minimum atomic E-state index is -0.845. The summed E-state index contributed by atoms with van der Waals surface area (Å²) >= 11 is 0. The Kier molecular flexibility index (Phi) is 4.04. The van der Waals surface area contributed by atoms with Crippen LogP contribution in [0.1, 0.15) is 32.6 Å². The van der Waals surface area contributed by atoms with Crippen LogP contribution in [0.25, 0.3) is 0 Å². The van der Waals surface area contributed by atoms with E-state index >= 15 is 0 Å². The first kappa shape index (κ1) is 13.1. The lowest BCUT2D eigenvalue weighted by molar-refractivity contribution is -0.151. The normalized spacial score (nSPS) is 32.3. The molecule has 0 spiro atoms. The molecule has 2 rings (SSSR count). The molecule has 1 saturated heterocycles. The minimum absolute atomic E-state index is 0.0401. The van der Waals surface area contributed by atoms with Crippen LogP contribution in [0.5, 0.6) is 0 Å². The van der Waals surface area contributed by atoms with Gasteiger partial charge in [0.1, 0.15) is 0 Å². The van der Waals surface area contributed by atoms with Crippen LogP contribution < -0.4 is 0 Å². The van der Waals surface area contributed by atoms with Gasteiger partial charge in [-0.25, -0.2) is 0 Å². The van der Waals surface area contributed by atoms with E-state index in [0.29, 0.717) is 18.8 Å². The zero-order chi connectivity index (χ0) is 13.1. The number of carbonyl (C=O) groups is 2. The Balaban J connectivity index is 2.06. The van der Waals surface area contributed by atoms with Crippen LogP contribution in [0.2, 0.25) is 0 Å². The number of amides is 1. The van der Waals surface area contributed by atoms with Crippen molar-refractivity contribution in [2.45, 2.75) is 32.6 Å². The summed E-state index contributed by atoms with van der Waals surface area (Å²) in [5.41, 5.74) is 0. The van der Waals surface area contributed by atoms with Crippen molar-refractivity contribution in [3.8, 4) is 0 Å². The van der Waals surface area contributed by atoms with Crippen LogP contribution in [0.4, 0.5) is 0 Å². The van der Waals surface area contributed by atoms with Crippen molar-refractivity contribution in [2.75, 3.05) is 13.1 Å². The standard InChI is InChI=1S/C14H21NO3/c1-10-5-4-8-15(9-10)13(16)11-6-2-3-7-12(11)14(17)18/h2-3,10-12H,4-9H2,1H3,(H,17,18)/t10-,11-,12+/m1/s1. The van der Waals surface area contributed by atoms with Crippen molar-refractivity contribution in [3.63, 3.8) is 0 Å². The summed E-state index contributed by atoms with van der Waals surface area (Å²) in [4.78, 5) is 25.5. The molecule has 0 aromatic rings. The summed E-state index contributed by atoms with van der Waals surface area (Å²) in [5, 5.41) is 9.20. The second kappa shape index (κ2) is 5.55. The number of nitrogens with zero attached hydrogens (tertiary/aromatic N) is 1. The molecule has 0 radical (unpaired) electrons. The van der Waals surface area contributed by atoms with Crippen LogP contribution in [0, 0.1) is 17.8 Å². The number of piperidine rings is 1. The van der Waals surface area contributed by atoms with Gasteiger partial charge in [-0.2, -0.15) is 0 Å². The molecule has 4 nitrogen and oxygen atoms in total. The Hall–Kier alpha value is -1.32. The highest BCUT2D eigenvalue weighted by atomic mass is 16.4. The third-order valence-corrected chi connectivity index (χ3v) is 4.04. The molecule has 100 valence electrons. The Morgan fingerprint density at radius 1 is 1.22 bits per heavy atom. The van der Waals surface area contributed by atoms with Gasteiger partial charge in [0.25, 0.3) is 0 Å². The van der Waals surface area contributed by atoms with Crippen molar-refractivity contribution >= 4 is 11.9 Å². The largest absolute Gasteiger partial charge is 0.481 e. The maximum absolute atomic E-state index is 12.4. The molecule has 0 unspecified atom stereocenters. The summed E-state index contributed by atoms with van der Waals surface area (Å²) in [6.45, 7) is 3.72. The lowest BCUT2D eigenvalue weighted by Crippen LogP contribution is -2.45. The van der Waals surface area contributed by atoms with E-state index in [1.165, 1.54) is 0 Å². The molecule has 1 aliphatic carbocycles. The average Bonchev–Trinajstić information content (AvgIpc) is 2.38. The Morgan fingerprint density at radius 2 is 1.89 bits per heavy atom. The minimum Gasteiger partial charge on any atom is -0.481 e. The summed E-state index contributed by atoms with van der Waals surface area (Å²) in [5.74, 6) is -1.18. The van der Waals surface area contributed by atoms with Crippen LogP contribution in [0.3, 0.4) is 0 Å². The van der Waals surface area contributed by atoms with Crippen molar-refractivity contribution in [2.24, 2.45) is 17.8 Å². The molecule has 18 heavy (non-hydrogen) atoms. The third-order valence-electron chi connectivity index (χ3n) is 4.04. The van der Waals surface area contributed by atoms with Crippen LogP contribution in [-0.2, 0) is 9.59 Å². The lowest BCUT2D eigenvalue weighted by Gasteiger charge is -2.35. The third kappa shape index (κ3) is 2.74. The SMILES string of the molecule is C[C@@H]1CCCN(C(=O)[C@@H]2CC=CC[C@@H]2C(=O)O)C1. The van der Waals surface area contributed by atoms with Gasteiger partial charge in [0, 0.05) is 13.1 Å². The monoisotopic (exact) mass is 251 g/mol. The zero-order valence-electron chi connectivity index (χ0n) is 10.8. The van der Waals surface area contributed by atoms with Gasteiger partial charge in [-0.05, 0) is 31.6 Å². The molecule has 1 fully saturated rings. The van der Waals surface area contributed by atoms with Crippen LogP contribution in [-0.4, -0.2) is 35.0 Å². The van der Waals surface area contributed by atoms with E-state index in [0.717, 1.165) is 25.9 Å². The van der Waals surface area contributed by atoms with E-state index in [2.05, 4.69) is 6.92 Å². The first-order chi connectivity index (χ1) is 8.59. The van der Waals surface area contributed by atoms with Gasteiger partial charge in [-0.1, -0.05) is 19.1 Å². The van der Waals surface area contributed by atoms with Crippen LogP contribution in [0.15, 0.2) is 12.2 Å². The van der Waals surface area contributed by atoms with Gasteiger partial charge in [-0.3, -0.25) is 9.59 Å². The zero-order valence-corrected chi connectivity index (χ0v) is 10.8. The predicted molar refractivity (Wildman–Crippen MR) is 68.0 cm³/mol. The smallest absolute Gasteiger partial charge is 0.307 e. The summed E-state index contributed by atoms with van der Waals surface area (Å²) in [6.07, 6.45) is 7.07. The van der Waals surface area contributed by atoms with E-state index in [9.17, 15) is 14.7 Å². The number of hydrogen-bond acceptors (Lipinski definition) is 2. The Bertz CT molecular complexity index is 364. The first-order valence-corrected chi connectivity index (χ1v) is 6.76. The predicted octanol–water partition coefficient (Wildman–Crippen LogP) is 1.91. The highest BCUT2D eigenvalue weighted by Crippen LogP contribution is 2.29. The van der Waals surface area contributed by atoms with Gasteiger partial charge < -0.3 is 10.0 Å². The molecule has 1 amide bonds. The fraction of sp³-hybridized carbons (Fsp3) is 0.714. The van der Waals surface area contributed by atoms with Crippen molar-refractivity contribution < 1.29 is 14.7 Å². The molecule has 2 aliphatic rings. The second-order valence-corrected chi connectivity index (χ2v) is 5.53. The van der Waals surface area contributed by atoms with Crippen molar-refractivity contribution in [3.05, 3.63) is 12.2 Å². The van der Waals surface area contributed by atoms with Gasteiger partial charge >= 0.3 is 5.97 Å². The Labute approximate surface area is 108 Å². The molecule has 0 bridgehead atoms. The number of likely N-dealkylation sites (tertiary alicyclic amines) is 1. The number of hydrogen-bond donors (Lipinski definition) is 1. The Morgan fingerprint density at radius 3 is 2.50 bits per heavy atom. The van der Waals surface area contributed by atoms with Gasteiger partial charge in [0.15, 0.2) is 0 Å². The maximum atomic E-state index is 12.4. The fourth-order valence-corrected chi connectivity index (χ4v) is 2.98. The van der Waals surface area contributed by atoms with E-state index in [-0.39, 0.29) is 11.8 Å². The molecule has 0 saturated carbocycles. The lowest BCUT2D eigenvalue weighted by atomic mass is 9.81. The van der Waals surface area contributed by atoms with Crippen LogP contribution >= 0.6 is 0 Å². The number of aliphatic carboxylic acids is 1. The van der Waals surface area contributed by atoms with Crippen molar-refractivity contribution in [1.82, 2.24) is 4.90 Å². The van der Waals surface area contributed by atoms with E-state index in [1.54, 1.807) is 0 Å². The highest BCUT2D eigenvalue weighted by Gasteiger charge is 2.37. The number of allylic oxidation sites excluding steroid dienone is 2. The number of rotatable bonds is 2. The molecule has 1 heterocycles. The van der Waals surface area contributed by atoms with E-state index in [1.807, 2.05) is 17.1 Å². The first-order valence-electron chi connectivity index (χ1n) is 6.76. The van der Waals surface area contributed by atoms with Crippen molar-refractivity contribution in [1.29, 1.82) is 0 Å². The molecular weight excluding hydrogens is 230 g/mol. The maximum Gasteiger partial charge on any atom is 0.307 e. The van der Waals surface area contributed by atoms with Gasteiger partial charge in [0.05, 0.1) is 11.8 Å². The van der Waals surface area contributed by atoms with Gasteiger partial charge in [-0.15, -0.1) is 0 Å². The average molecular weight is 251 g/mol. The summed E-state index contributed by atoms with van der Waals surface area (Å²) in [6, 6.07) is 0. The second-order valence-electron chi connectivity index (χ2n) is 5.53. The molecule has 0 aromatic heterocycles. The number of carboxylic acid groups (broad SMARTS) is 1. The molecule has 0 aromatic carbocycles. The molecule has 3 atom stereocenters. The molecule has 4 heteroatoms. The number of carboxylic acids is 1. The topological polar surface area (TPSA) is 57.6 Å². The quantitative estimate of drug-likeness (QED) is 0.763. The summed E-state index contributed by atoms with van der Waals surface area (Å²) < 4.78 is 0. The molecule has 1 N–H and O–H groups in total. The van der Waals surface area contributed by atoms with E-state index in [4.69, 9.17) is 0 Å². The summed E-state index contributed by atoms with van der Waals surface area (Å²) in [7, 11) is 0. The van der Waals surface area contributed by atoms with Gasteiger partial charge in [0.2, 0.25) is 5.91 Å². The van der Waals surface area contributed by atoms with E-state index < -0.39 is 11.9 Å². The molecule has 1 aliphatic heterocycles. The molecular formula is C14H21NO3. The fourth-order valence-electron chi connectivity index (χ4n) is 2.98.